The van der Waals surface area contributed by atoms with E-state index in [1.807, 2.05) is 6.07 Å². The van der Waals surface area contributed by atoms with Gasteiger partial charge in [-0.15, -0.1) is 0 Å². The Bertz CT molecular complexity index is 795. The SMILES string of the molecule is COC1=CCC([C@@H]2Cc3c(C(=O)Cl)cc(OC)cc3[C@@H]3CCCC[C@@H]32)C=C1. The monoisotopic (exact) mass is 386 g/mol. The summed E-state index contributed by atoms with van der Waals surface area (Å²) in [5.74, 6) is 3.87. The molecule has 27 heavy (non-hydrogen) atoms. The van der Waals surface area contributed by atoms with Crippen molar-refractivity contribution in [1.82, 2.24) is 0 Å². The Labute approximate surface area is 166 Å². The summed E-state index contributed by atoms with van der Waals surface area (Å²) in [6.07, 6.45) is 13.5. The van der Waals surface area contributed by atoms with E-state index in [0.717, 1.165) is 29.9 Å². The molecular formula is C23H27ClO3. The van der Waals surface area contributed by atoms with Gasteiger partial charge in [-0.1, -0.05) is 18.9 Å². The lowest BCUT2D eigenvalue weighted by molar-refractivity contribution is 0.107. The van der Waals surface area contributed by atoms with E-state index in [0.29, 0.717) is 29.2 Å². The Kier molecular flexibility index (Phi) is 5.32. The number of halogens is 1. The molecule has 1 aromatic rings. The number of methoxy groups -OCH3 is 2. The average molecular weight is 387 g/mol. The summed E-state index contributed by atoms with van der Waals surface area (Å²) in [6.45, 7) is 0. The molecule has 0 aliphatic heterocycles. The molecule has 0 radical (unpaired) electrons. The zero-order chi connectivity index (χ0) is 19.0. The number of hydrogen-bond donors (Lipinski definition) is 0. The fourth-order valence-electron chi connectivity index (χ4n) is 5.52. The van der Waals surface area contributed by atoms with E-state index < -0.39 is 0 Å². The van der Waals surface area contributed by atoms with Gasteiger partial charge in [0.05, 0.1) is 14.2 Å². The molecule has 0 saturated heterocycles. The first-order valence-corrected chi connectivity index (χ1v) is 10.3. The van der Waals surface area contributed by atoms with Crippen LogP contribution >= 0.6 is 11.6 Å². The van der Waals surface area contributed by atoms with Gasteiger partial charge in [-0.3, -0.25) is 4.79 Å². The molecule has 4 atom stereocenters. The molecular weight excluding hydrogens is 360 g/mol. The molecule has 1 fully saturated rings. The maximum Gasteiger partial charge on any atom is 0.252 e. The quantitative estimate of drug-likeness (QED) is 0.629. The van der Waals surface area contributed by atoms with Crippen LogP contribution in [0.5, 0.6) is 5.75 Å². The summed E-state index contributed by atoms with van der Waals surface area (Å²) in [5, 5.41) is -0.376. The minimum absolute atomic E-state index is 0.376. The van der Waals surface area contributed by atoms with Crippen LogP contribution in [0.4, 0.5) is 0 Å². The molecule has 0 aromatic heterocycles. The molecule has 1 saturated carbocycles. The van der Waals surface area contributed by atoms with Crippen molar-refractivity contribution in [3.63, 3.8) is 0 Å². The molecule has 0 bridgehead atoms. The Hall–Kier alpha value is -1.74. The van der Waals surface area contributed by atoms with Crippen LogP contribution in [0.15, 0.2) is 36.1 Å². The Morgan fingerprint density at radius 2 is 1.93 bits per heavy atom. The van der Waals surface area contributed by atoms with Crippen molar-refractivity contribution in [2.24, 2.45) is 17.8 Å². The van der Waals surface area contributed by atoms with E-state index in [2.05, 4.69) is 24.3 Å². The van der Waals surface area contributed by atoms with Crippen LogP contribution in [-0.2, 0) is 11.2 Å². The van der Waals surface area contributed by atoms with Crippen LogP contribution in [-0.4, -0.2) is 19.5 Å². The number of carbonyl (C=O) groups is 1. The fourth-order valence-corrected chi connectivity index (χ4v) is 5.69. The highest BCUT2D eigenvalue weighted by atomic mass is 35.5. The van der Waals surface area contributed by atoms with Crippen molar-refractivity contribution in [3.05, 3.63) is 52.8 Å². The average Bonchev–Trinajstić information content (AvgIpc) is 2.72. The molecule has 4 rings (SSSR count). The zero-order valence-corrected chi connectivity index (χ0v) is 16.8. The Morgan fingerprint density at radius 1 is 1.11 bits per heavy atom. The van der Waals surface area contributed by atoms with E-state index in [-0.39, 0.29) is 5.24 Å². The highest BCUT2D eigenvalue weighted by Crippen LogP contribution is 2.52. The van der Waals surface area contributed by atoms with E-state index in [1.54, 1.807) is 14.2 Å². The molecule has 4 heteroatoms. The molecule has 144 valence electrons. The second kappa shape index (κ2) is 7.71. The zero-order valence-electron chi connectivity index (χ0n) is 16.0. The molecule has 0 heterocycles. The van der Waals surface area contributed by atoms with Crippen LogP contribution in [0.3, 0.4) is 0 Å². The third kappa shape index (κ3) is 3.42. The van der Waals surface area contributed by atoms with Crippen molar-refractivity contribution in [1.29, 1.82) is 0 Å². The van der Waals surface area contributed by atoms with Crippen LogP contribution in [0, 0.1) is 17.8 Å². The lowest BCUT2D eigenvalue weighted by atomic mass is 9.59. The number of allylic oxidation sites excluding steroid dienone is 3. The maximum atomic E-state index is 12.2. The number of carbonyl (C=O) groups excluding carboxylic acids is 1. The van der Waals surface area contributed by atoms with Gasteiger partial charge in [-0.05, 0) is 96.4 Å². The van der Waals surface area contributed by atoms with Gasteiger partial charge in [0, 0.05) is 5.56 Å². The number of fused-ring (bicyclic) bond motifs is 3. The topological polar surface area (TPSA) is 35.5 Å². The van der Waals surface area contributed by atoms with Crippen molar-refractivity contribution in [3.8, 4) is 5.75 Å². The summed E-state index contributed by atoms with van der Waals surface area (Å²) in [4.78, 5) is 12.2. The van der Waals surface area contributed by atoms with E-state index in [9.17, 15) is 4.79 Å². The molecule has 3 nitrogen and oxygen atoms in total. The lowest BCUT2D eigenvalue weighted by Gasteiger charge is -2.46. The van der Waals surface area contributed by atoms with E-state index >= 15 is 0 Å². The van der Waals surface area contributed by atoms with Crippen LogP contribution < -0.4 is 4.74 Å². The number of benzene rings is 1. The number of ether oxygens (including phenoxy) is 2. The molecule has 0 amide bonds. The van der Waals surface area contributed by atoms with Crippen molar-refractivity contribution >= 4 is 16.8 Å². The van der Waals surface area contributed by atoms with Crippen molar-refractivity contribution in [2.75, 3.05) is 14.2 Å². The first kappa shape index (κ1) is 18.6. The molecule has 3 aliphatic rings. The van der Waals surface area contributed by atoms with Gasteiger partial charge in [0.1, 0.15) is 11.5 Å². The fraction of sp³-hybridized carbons (Fsp3) is 0.522. The van der Waals surface area contributed by atoms with Crippen LogP contribution in [0.1, 0.15) is 59.5 Å². The molecule has 0 spiro atoms. The third-order valence-electron chi connectivity index (χ3n) is 6.80. The predicted octanol–water partition coefficient (Wildman–Crippen LogP) is 5.63. The van der Waals surface area contributed by atoms with Gasteiger partial charge in [0.15, 0.2) is 0 Å². The summed E-state index contributed by atoms with van der Waals surface area (Å²) in [5.41, 5.74) is 3.08. The van der Waals surface area contributed by atoms with E-state index in [1.165, 1.54) is 31.2 Å². The number of hydrogen-bond acceptors (Lipinski definition) is 3. The first-order valence-electron chi connectivity index (χ1n) is 9.95. The summed E-state index contributed by atoms with van der Waals surface area (Å²) in [7, 11) is 3.37. The second-order valence-corrected chi connectivity index (χ2v) is 8.35. The van der Waals surface area contributed by atoms with Gasteiger partial charge in [-0.25, -0.2) is 0 Å². The van der Waals surface area contributed by atoms with Gasteiger partial charge in [0.2, 0.25) is 0 Å². The first-order chi connectivity index (χ1) is 13.1. The van der Waals surface area contributed by atoms with Crippen molar-refractivity contribution in [2.45, 2.75) is 44.4 Å². The standard InChI is InChI=1S/C23H27ClO3/c1-26-15-9-7-14(8-10-15)19-13-21-20(18-6-4-3-5-17(18)19)11-16(27-2)12-22(21)23(24)25/h7,9-12,14,17-19H,3-6,8,13H2,1-2H3/t14?,17-,18+,19-/m0/s1. The highest BCUT2D eigenvalue weighted by Gasteiger charge is 2.42. The van der Waals surface area contributed by atoms with E-state index in [4.69, 9.17) is 21.1 Å². The minimum atomic E-state index is -0.376. The number of rotatable bonds is 4. The largest absolute Gasteiger partial charge is 0.497 e. The highest BCUT2D eigenvalue weighted by molar-refractivity contribution is 6.68. The van der Waals surface area contributed by atoms with Gasteiger partial charge < -0.3 is 9.47 Å². The summed E-state index contributed by atoms with van der Waals surface area (Å²) in [6, 6.07) is 3.96. The maximum absolute atomic E-state index is 12.2. The lowest BCUT2D eigenvalue weighted by Crippen LogP contribution is -2.37. The normalized spacial score (nSPS) is 29.4. The van der Waals surface area contributed by atoms with Crippen molar-refractivity contribution < 1.29 is 14.3 Å². The molecule has 1 aromatic carbocycles. The van der Waals surface area contributed by atoms with Gasteiger partial charge in [0.25, 0.3) is 5.24 Å². The Balaban J connectivity index is 1.75. The molecule has 0 N–H and O–H groups in total. The minimum Gasteiger partial charge on any atom is -0.497 e. The predicted molar refractivity (Wildman–Crippen MR) is 107 cm³/mol. The third-order valence-corrected chi connectivity index (χ3v) is 7.00. The van der Waals surface area contributed by atoms with Gasteiger partial charge >= 0.3 is 0 Å². The summed E-state index contributed by atoms with van der Waals surface area (Å²) < 4.78 is 10.8. The van der Waals surface area contributed by atoms with Crippen LogP contribution in [0.2, 0.25) is 0 Å². The van der Waals surface area contributed by atoms with Crippen LogP contribution in [0.25, 0.3) is 0 Å². The van der Waals surface area contributed by atoms with Gasteiger partial charge in [-0.2, -0.15) is 0 Å². The summed E-state index contributed by atoms with van der Waals surface area (Å²) >= 11 is 5.98. The second-order valence-electron chi connectivity index (χ2n) is 8.01. The Morgan fingerprint density at radius 3 is 2.59 bits per heavy atom. The molecule has 3 aliphatic carbocycles. The molecule has 1 unspecified atom stereocenters. The smallest absolute Gasteiger partial charge is 0.252 e.